The molecule has 4 saturated carbocycles. The molecule has 1 heterocycles. The fraction of sp³-hybridized carbons (Fsp3) is 0.455. The van der Waals surface area contributed by atoms with Crippen molar-refractivity contribution in [2.24, 2.45) is 23.2 Å². The fourth-order valence-corrected chi connectivity index (χ4v) is 9.84. The second kappa shape index (κ2) is 5.69. The van der Waals surface area contributed by atoms with Gasteiger partial charge in [0, 0.05) is 0 Å². The summed E-state index contributed by atoms with van der Waals surface area (Å²) in [4.78, 5) is 25.9. The second-order valence-electron chi connectivity index (χ2n) is 8.79. The Kier molecular flexibility index (Phi) is 3.44. The van der Waals surface area contributed by atoms with E-state index in [1.54, 1.807) is 6.07 Å². The van der Waals surface area contributed by atoms with E-state index in [1.165, 1.54) is 19.3 Å². The zero-order valence-electron chi connectivity index (χ0n) is 14.9. The van der Waals surface area contributed by atoms with Gasteiger partial charge in [0.2, 0.25) is 0 Å². The van der Waals surface area contributed by atoms with Crippen molar-refractivity contribution in [2.45, 2.75) is 38.5 Å². The van der Waals surface area contributed by atoms with Crippen LogP contribution in [0.4, 0.5) is 0 Å². The molecule has 1 aliphatic heterocycles. The molecule has 4 bridgehead atoms. The second-order valence-corrected chi connectivity index (χ2v) is 12.1. The van der Waals surface area contributed by atoms with Crippen LogP contribution < -0.4 is 0 Å². The molecule has 2 aromatic rings. The van der Waals surface area contributed by atoms with Crippen LogP contribution in [0.25, 0.3) is 10.8 Å². The Morgan fingerprint density at radius 1 is 1.00 bits per heavy atom. The van der Waals surface area contributed by atoms with Crippen LogP contribution in [0.3, 0.4) is 0 Å². The molecule has 0 saturated heterocycles. The molecule has 5 aliphatic rings. The number of carbonyl (C=O) groups is 2. The van der Waals surface area contributed by atoms with Gasteiger partial charge in [-0.25, -0.2) is 0 Å². The van der Waals surface area contributed by atoms with Gasteiger partial charge in [0.1, 0.15) is 0 Å². The van der Waals surface area contributed by atoms with Gasteiger partial charge < -0.3 is 0 Å². The zero-order valence-corrected chi connectivity index (χ0v) is 17.1. The molecule has 2 aromatic carbocycles. The third kappa shape index (κ3) is 2.39. The summed E-state index contributed by atoms with van der Waals surface area (Å²) in [6, 6.07) is 11.6. The van der Waals surface area contributed by atoms with E-state index < -0.39 is 20.6 Å². The van der Waals surface area contributed by atoms with Crippen LogP contribution in [0, 0.1) is 26.7 Å². The van der Waals surface area contributed by atoms with E-state index in [0.29, 0.717) is 23.3 Å². The minimum absolute atomic E-state index is 0.0871. The van der Waals surface area contributed by atoms with Gasteiger partial charge in [-0.3, -0.25) is 0 Å². The molecular formula is C22H21IO4. The molecule has 7 rings (SSSR count). The first kappa shape index (κ1) is 16.3. The normalized spacial score (nSPS) is 34.6. The van der Waals surface area contributed by atoms with Crippen LogP contribution in [0.5, 0.6) is 0 Å². The first-order chi connectivity index (χ1) is 13.1. The van der Waals surface area contributed by atoms with Crippen molar-refractivity contribution in [1.82, 2.24) is 0 Å². The van der Waals surface area contributed by atoms with Crippen molar-refractivity contribution >= 4 is 43.4 Å². The monoisotopic (exact) mass is 476 g/mol. The van der Waals surface area contributed by atoms with E-state index in [-0.39, 0.29) is 17.4 Å². The quantitative estimate of drug-likeness (QED) is 0.554. The molecule has 27 heavy (non-hydrogen) atoms. The Morgan fingerprint density at radius 2 is 1.63 bits per heavy atom. The molecule has 0 spiro atoms. The molecule has 5 heteroatoms. The van der Waals surface area contributed by atoms with Gasteiger partial charge in [0.15, 0.2) is 0 Å². The third-order valence-corrected chi connectivity index (χ3v) is 10.4. The van der Waals surface area contributed by atoms with Crippen LogP contribution >= 0.6 is 20.6 Å². The van der Waals surface area contributed by atoms with Gasteiger partial charge in [-0.1, -0.05) is 0 Å². The molecule has 0 atom stereocenters. The number of hydrogen-bond acceptors (Lipinski definition) is 4. The Hall–Kier alpha value is -1.63. The minimum atomic E-state index is -2.80. The summed E-state index contributed by atoms with van der Waals surface area (Å²) in [7, 11) is 0. The molecule has 4 nitrogen and oxygen atoms in total. The number of carbonyl (C=O) groups excluding carboxylic acids is 2. The zero-order chi connectivity index (χ0) is 18.2. The van der Waals surface area contributed by atoms with Crippen molar-refractivity contribution < 1.29 is 15.7 Å². The van der Waals surface area contributed by atoms with E-state index in [4.69, 9.17) is 6.13 Å². The predicted molar refractivity (Wildman–Crippen MR) is 109 cm³/mol. The first-order valence-corrected chi connectivity index (χ1v) is 12.6. The maximum atomic E-state index is 13.3. The molecule has 140 valence electrons. The molecule has 4 fully saturated rings. The average molecular weight is 476 g/mol. The summed E-state index contributed by atoms with van der Waals surface area (Å²) in [5.74, 6) is 1.63. The van der Waals surface area contributed by atoms with Crippen LogP contribution in [-0.2, 0) is 10.9 Å². The standard InChI is InChI=1S/C22H21IO4/c24-20-17-5-1-3-16-4-2-6-18(19(16)17)23(26-20)27-21(25)22-10-13-7-14(11-22)9-15(8-13)12-22/h1-6,13-15H,7-12H2. The topological polar surface area (TPSA) is 52.6 Å². The summed E-state index contributed by atoms with van der Waals surface area (Å²) in [5, 5.41) is 1.93. The molecule has 0 radical (unpaired) electrons. The maximum absolute atomic E-state index is 13.3. The van der Waals surface area contributed by atoms with Crippen molar-refractivity contribution in [2.75, 3.05) is 0 Å². The van der Waals surface area contributed by atoms with E-state index in [0.717, 1.165) is 33.6 Å². The number of hydrogen-bond donors (Lipinski definition) is 0. The SMILES string of the molecule is O=C1OI(OC(=O)C23CC4CC(CC(C4)C2)C3)c2cccc3cccc1c23. The molecule has 0 N–H and O–H groups in total. The summed E-state index contributed by atoms with van der Waals surface area (Å²) in [6.45, 7) is 0. The summed E-state index contributed by atoms with van der Waals surface area (Å²) < 4.78 is 12.7. The van der Waals surface area contributed by atoms with Gasteiger partial charge in [-0.15, -0.1) is 0 Å². The Balaban J connectivity index is 1.35. The number of benzene rings is 2. The van der Waals surface area contributed by atoms with Crippen molar-refractivity contribution in [3.8, 4) is 0 Å². The van der Waals surface area contributed by atoms with Crippen LogP contribution in [-0.4, -0.2) is 11.9 Å². The fourth-order valence-electron chi connectivity index (χ4n) is 6.30. The van der Waals surface area contributed by atoms with E-state index >= 15 is 0 Å². The van der Waals surface area contributed by atoms with E-state index in [1.807, 2.05) is 30.3 Å². The van der Waals surface area contributed by atoms with Crippen LogP contribution in [0.15, 0.2) is 36.4 Å². The van der Waals surface area contributed by atoms with Gasteiger partial charge in [-0.2, -0.15) is 0 Å². The van der Waals surface area contributed by atoms with Gasteiger partial charge >= 0.3 is 166 Å². The average Bonchev–Trinajstić information content (AvgIpc) is 2.64. The van der Waals surface area contributed by atoms with Crippen LogP contribution in [0.2, 0.25) is 0 Å². The predicted octanol–water partition coefficient (Wildman–Crippen LogP) is 5.28. The Labute approximate surface area is 166 Å². The Morgan fingerprint density at radius 3 is 2.30 bits per heavy atom. The van der Waals surface area contributed by atoms with Gasteiger partial charge in [-0.05, 0) is 0 Å². The summed E-state index contributed by atoms with van der Waals surface area (Å²) >= 11 is -2.80. The first-order valence-electron chi connectivity index (χ1n) is 9.79. The molecular weight excluding hydrogens is 455 g/mol. The van der Waals surface area contributed by atoms with Gasteiger partial charge in [0.05, 0.1) is 0 Å². The summed E-state index contributed by atoms with van der Waals surface area (Å²) in [5.41, 5.74) is 0.270. The van der Waals surface area contributed by atoms with E-state index in [9.17, 15) is 9.59 Å². The number of rotatable bonds is 2. The van der Waals surface area contributed by atoms with Crippen LogP contribution in [0.1, 0.15) is 48.9 Å². The Bertz CT molecular complexity index is 941. The van der Waals surface area contributed by atoms with Crippen molar-refractivity contribution in [3.05, 3.63) is 45.5 Å². The summed E-state index contributed by atoms with van der Waals surface area (Å²) in [6.07, 6.45) is 6.77. The number of halogens is 1. The molecule has 0 unspecified atom stereocenters. The van der Waals surface area contributed by atoms with E-state index in [2.05, 4.69) is 0 Å². The molecule has 0 aromatic heterocycles. The molecule has 0 amide bonds. The third-order valence-electron chi connectivity index (χ3n) is 6.99. The van der Waals surface area contributed by atoms with Gasteiger partial charge in [0.25, 0.3) is 0 Å². The molecule has 4 aliphatic carbocycles. The van der Waals surface area contributed by atoms with Crippen molar-refractivity contribution in [1.29, 1.82) is 0 Å². The van der Waals surface area contributed by atoms with Crippen molar-refractivity contribution in [3.63, 3.8) is 0 Å².